The maximum atomic E-state index is 10.9. The molecule has 5 nitrogen and oxygen atoms in total. The second-order valence-corrected chi connectivity index (χ2v) is 4.89. The Kier molecular flexibility index (Phi) is 2.11. The van der Waals surface area contributed by atoms with Gasteiger partial charge in [0.1, 0.15) is 0 Å². The average Bonchev–Trinajstić information content (AvgIpc) is 2.45. The second kappa shape index (κ2) is 2.54. The van der Waals surface area contributed by atoms with Crippen LogP contribution in [0.5, 0.6) is 0 Å². The van der Waals surface area contributed by atoms with E-state index in [1.165, 1.54) is 0 Å². The summed E-state index contributed by atoms with van der Waals surface area (Å²) in [4.78, 5) is 8.89. The zero-order chi connectivity index (χ0) is 8.70. The van der Waals surface area contributed by atoms with Crippen molar-refractivity contribution < 1.29 is 24.2 Å². The van der Waals surface area contributed by atoms with Gasteiger partial charge in [0.2, 0.25) is 0 Å². The predicted molar refractivity (Wildman–Crippen MR) is 36.8 cm³/mol. The lowest BCUT2D eigenvalue weighted by molar-refractivity contribution is -0.0915. The minimum absolute atomic E-state index is 0.274. The molecule has 0 aromatic heterocycles. The Bertz CT molecular complexity index is 192. The molecule has 1 unspecified atom stereocenters. The standard InChI is InChI=1S/C5H11O5P/c1-5(6,7)11(8,9)10-4-2-3-4/h4,6-7H,2-3H2,1H3,(H,8,9). The maximum absolute atomic E-state index is 10.9. The Morgan fingerprint density at radius 2 is 2.00 bits per heavy atom. The van der Waals surface area contributed by atoms with Crippen molar-refractivity contribution in [2.45, 2.75) is 31.4 Å². The highest BCUT2D eigenvalue weighted by molar-refractivity contribution is 7.54. The lowest BCUT2D eigenvalue weighted by Gasteiger charge is -2.21. The number of rotatable bonds is 3. The van der Waals surface area contributed by atoms with Crippen LogP contribution in [0.25, 0.3) is 0 Å². The Balaban J connectivity index is 2.57. The lowest BCUT2D eigenvalue weighted by atomic mass is 10.8. The monoisotopic (exact) mass is 182 g/mol. The quantitative estimate of drug-likeness (QED) is 0.422. The van der Waals surface area contributed by atoms with Gasteiger partial charge in [-0.15, -0.1) is 0 Å². The SMILES string of the molecule is CC(O)(O)P(=O)(O)OC1CC1. The molecule has 0 saturated heterocycles. The molecule has 3 N–H and O–H groups in total. The molecule has 0 aromatic rings. The Hall–Kier alpha value is 0.0700. The van der Waals surface area contributed by atoms with Gasteiger partial charge >= 0.3 is 7.60 Å². The summed E-state index contributed by atoms with van der Waals surface area (Å²) in [5, 5.41) is 17.5. The zero-order valence-electron chi connectivity index (χ0n) is 6.10. The number of hydrogen-bond donors (Lipinski definition) is 3. The fourth-order valence-electron chi connectivity index (χ4n) is 0.475. The zero-order valence-corrected chi connectivity index (χ0v) is 6.99. The van der Waals surface area contributed by atoms with E-state index in [-0.39, 0.29) is 6.10 Å². The van der Waals surface area contributed by atoms with Gasteiger partial charge in [0.05, 0.1) is 6.10 Å². The topological polar surface area (TPSA) is 87.0 Å². The molecule has 1 fully saturated rings. The summed E-state index contributed by atoms with van der Waals surface area (Å²) in [6.07, 6.45) is 1.14. The molecule has 0 spiro atoms. The lowest BCUT2D eigenvalue weighted by Crippen LogP contribution is -2.24. The molecular weight excluding hydrogens is 171 g/mol. The summed E-state index contributed by atoms with van der Waals surface area (Å²) in [6.45, 7) is 0.830. The van der Waals surface area contributed by atoms with Crippen LogP contribution >= 0.6 is 7.60 Å². The first-order chi connectivity index (χ1) is 4.83. The number of hydrogen-bond acceptors (Lipinski definition) is 4. The van der Waals surface area contributed by atoms with E-state index in [1.807, 2.05) is 0 Å². The van der Waals surface area contributed by atoms with Crippen LogP contribution in [0.1, 0.15) is 19.8 Å². The van der Waals surface area contributed by atoms with E-state index in [4.69, 9.17) is 15.1 Å². The molecule has 11 heavy (non-hydrogen) atoms. The van der Waals surface area contributed by atoms with Crippen LogP contribution in [-0.4, -0.2) is 26.7 Å². The largest absolute Gasteiger partial charge is 0.386 e. The van der Waals surface area contributed by atoms with Crippen molar-refractivity contribution in [3.63, 3.8) is 0 Å². The van der Waals surface area contributed by atoms with Gasteiger partial charge in [-0.05, 0) is 12.8 Å². The molecule has 1 saturated carbocycles. The van der Waals surface area contributed by atoms with Gasteiger partial charge in [0, 0.05) is 6.92 Å². The molecular formula is C5H11O5P. The van der Waals surface area contributed by atoms with Crippen molar-refractivity contribution in [2.75, 3.05) is 0 Å². The summed E-state index contributed by atoms with van der Waals surface area (Å²) in [5.74, 6) is 0. The van der Waals surface area contributed by atoms with Gasteiger partial charge in [-0.3, -0.25) is 4.57 Å². The first-order valence-electron chi connectivity index (χ1n) is 3.29. The third-order valence-electron chi connectivity index (χ3n) is 1.35. The molecule has 1 aliphatic rings. The van der Waals surface area contributed by atoms with E-state index in [9.17, 15) is 4.57 Å². The molecule has 66 valence electrons. The molecule has 0 aliphatic heterocycles. The van der Waals surface area contributed by atoms with E-state index < -0.39 is 13.1 Å². The Morgan fingerprint density at radius 3 is 2.27 bits per heavy atom. The minimum Gasteiger partial charge on any atom is -0.356 e. The summed E-state index contributed by atoms with van der Waals surface area (Å²) >= 11 is 0. The first kappa shape index (κ1) is 9.16. The fourth-order valence-corrected chi connectivity index (χ4v) is 1.29. The molecule has 1 atom stereocenters. The molecule has 1 rings (SSSR count). The fraction of sp³-hybridized carbons (Fsp3) is 1.00. The molecule has 1 aliphatic carbocycles. The maximum Gasteiger partial charge on any atom is 0.386 e. The van der Waals surface area contributed by atoms with Crippen LogP contribution in [0.4, 0.5) is 0 Å². The van der Waals surface area contributed by atoms with Gasteiger partial charge in [-0.2, -0.15) is 0 Å². The first-order valence-corrected chi connectivity index (χ1v) is 4.87. The Labute approximate surface area is 64.2 Å². The van der Waals surface area contributed by atoms with Gasteiger partial charge in [0.15, 0.2) is 0 Å². The second-order valence-electron chi connectivity index (χ2n) is 2.80. The van der Waals surface area contributed by atoms with Crippen LogP contribution in [0.3, 0.4) is 0 Å². The van der Waals surface area contributed by atoms with Crippen LogP contribution < -0.4 is 0 Å². The third kappa shape index (κ3) is 2.25. The van der Waals surface area contributed by atoms with E-state index >= 15 is 0 Å². The summed E-state index contributed by atoms with van der Waals surface area (Å²) in [7, 11) is -4.26. The highest BCUT2D eigenvalue weighted by atomic mass is 31.2. The normalized spacial score (nSPS) is 24.7. The summed E-state index contributed by atoms with van der Waals surface area (Å²) < 4.78 is 15.4. The minimum atomic E-state index is -4.26. The van der Waals surface area contributed by atoms with Gasteiger partial charge in [-0.25, -0.2) is 0 Å². The van der Waals surface area contributed by atoms with Crippen molar-refractivity contribution >= 4 is 7.60 Å². The summed E-state index contributed by atoms with van der Waals surface area (Å²) in [5.41, 5.74) is -2.64. The van der Waals surface area contributed by atoms with E-state index in [2.05, 4.69) is 4.52 Å². The van der Waals surface area contributed by atoms with Crippen LogP contribution in [0.15, 0.2) is 0 Å². The number of aliphatic hydroxyl groups is 2. The van der Waals surface area contributed by atoms with Crippen LogP contribution in [0, 0.1) is 0 Å². The summed E-state index contributed by atoms with van der Waals surface area (Å²) in [6, 6.07) is 0. The Morgan fingerprint density at radius 1 is 1.55 bits per heavy atom. The van der Waals surface area contributed by atoms with Crippen LogP contribution in [-0.2, 0) is 9.09 Å². The van der Waals surface area contributed by atoms with Gasteiger partial charge in [0.25, 0.3) is 5.53 Å². The molecule has 0 heterocycles. The predicted octanol–water partition coefficient (Wildman–Crippen LogP) is 0.00910. The third-order valence-corrected chi connectivity index (χ3v) is 3.01. The van der Waals surface area contributed by atoms with Gasteiger partial charge < -0.3 is 19.6 Å². The highest BCUT2D eigenvalue weighted by Crippen LogP contribution is 2.55. The van der Waals surface area contributed by atoms with Crippen molar-refractivity contribution in [2.24, 2.45) is 0 Å². The van der Waals surface area contributed by atoms with E-state index in [1.54, 1.807) is 0 Å². The molecule has 6 heteroatoms. The van der Waals surface area contributed by atoms with Gasteiger partial charge in [-0.1, -0.05) is 0 Å². The van der Waals surface area contributed by atoms with E-state index in [0.29, 0.717) is 12.8 Å². The molecule has 0 amide bonds. The van der Waals surface area contributed by atoms with Crippen molar-refractivity contribution in [3.05, 3.63) is 0 Å². The highest BCUT2D eigenvalue weighted by Gasteiger charge is 2.45. The molecule has 0 bridgehead atoms. The molecule has 0 aromatic carbocycles. The van der Waals surface area contributed by atoms with Crippen molar-refractivity contribution in [1.29, 1.82) is 0 Å². The van der Waals surface area contributed by atoms with Crippen molar-refractivity contribution in [1.82, 2.24) is 0 Å². The van der Waals surface area contributed by atoms with Crippen LogP contribution in [0.2, 0.25) is 0 Å². The smallest absolute Gasteiger partial charge is 0.356 e. The molecule has 0 radical (unpaired) electrons. The van der Waals surface area contributed by atoms with Crippen molar-refractivity contribution in [3.8, 4) is 0 Å². The average molecular weight is 182 g/mol. The van der Waals surface area contributed by atoms with E-state index in [0.717, 1.165) is 6.92 Å².